The molecule has 2 unspecified atom stereocenters. The molecule has 3 N–H and O–H groups in total. The normalized spacial score (nSPS) is 22.6. The zero-order valence-electron chi connectivity index (χ0n) is 11.7. The fourth-order valence-electron chi connectivity index (χ4n) is 2.64. The number of nitrogens with two attached hydrogens (primary N) is 1. The number of H-pyrrole nitrogens is 1. The Morgan fingerprint density at radius 1 is 1.48 bits per heavy atom. The van der Waals surface area contributed by atoms with Gasteiger partial charge in [0.1, 0.15) is 0 Å². The Balaban J connectivity index is 1.89. The van der Waals surface area contributed by atoms with Crippen molar-refractivity contribution in [3.8, 4) is 11.4 Å². The molecule has 0 saturated carbocycles. The fraction of sp³-hybridized carbons (Fsp3) is 0.429. The van der Waals surface area contributed by atoms with Crippen LogP contribution in [-0.4, -0.2) is 33.8 Å². The maximum Gasteiger partial charge on any atom is 0.245 e. The van der Waals surface area contributed by atoms with Gasteiger partial charge in [-0.15, -0.1) is 5.10 Å². The molecule has 3 rings (SSSR count). The smallest absolute Gasteiger partial charge is 0.245 e. The van der Waals surface area contributed by atoms with Crippen molar-refractivity contribution in [3.63, 3.8) is 0 Å². The van der Waals surface area contributed by atoms with Crippen LogP contribution in [0.25, 0.3) is 11.4 Å². The molecular formula is C14H17BrClN5. The van der Waals surface area contributed by atoms with Gasteiger partial charge in [0.15, 0.2) is 5.82 Å². The lowest BCUT2D eigenvalue weighted by molar-refractivity contribution is 0.416. The second kappa shape index (κ2) is 5.94. The number of benzene rings is 1. The van der Waals surface area contributed by atoms with E-state index in [4.69, 9.17) is 17.3 Å². The molecule has 112 valence electrons. The molecule has 1 fully saturated rings. The molecule has 5 nitrogen and oxygen atoms in total. The van der Waals surface area contributed by atoms with Crippen LogP contribution in [0.15, 0.2) is 22.7 Å². The molecule has 2 aromatic rings. The van der Waals surface area contributed by atoms with Crippen LogP contribution >= 0.6 is 27.5 Å². The first kappa shape index (κ1) is 14.8. The van der Waals surface area contributed by atoms with Gasteiger partial charge >= 0.3 is 0 Å². The Kier molecular flexibility index (Phi) is 4.19. The van der Waals surface area contributed by atoms with Gasteiger partial charge in [0.05, 0.1) is 5.02 Å². The number of rotatable bonds is 2. The van der Waals surface area contributed by atoms with Crippen molar-refractivity contribution in [2.24, 2.45) is 5.73 Å². The summed E-state index contributed by atoms with van der Waals surface area (Å²) >= 11 is 9.66. The van der Waals surface area contributed by atoms with Crippen molar-refractivity contribution in [1.29, 1.82) is 0 Å². The van der Waals surface area contributed by atoms with E-state index < -0.39 is 0 Å². The van der Waals surface area contributed by atoms with Gasteiger partial charge in [-0.3, -0.25) is 5.10 Å². The van der Waals surface area contributed by atoms with Gasteiger partial charge in [0, 0.05) is 28.7 Å². The number of piperidine rings is 1. The molecule has 7 heteroatoms. The van der Waals surface area contributed by atoms with Crippen molar-refractivity contribution in [2.45, 2.75) is 31.8 Å². The number of aromatic amines is 1. The maximum absolute atomic E-state index is 6.26. The predicted molar refractivity (Wildman–Crippen MR) is 88.5 cm³/mol. The summed E-state index contributed by atoms with van der Waals surface area (Å²) in [4.78, 5) is 6.74. The highest BCUT2D eigenvalue weighted by Crippen LogP contribution is 2.30. The SMILES string of the molecule is CC1C(N)CCCN1c1n[nH]c(-c2ccc(Br)cc2Cl)n1. The van der Waals surface area contributed by atoms with Crippen LogP contribution in [-0.2, 0) is 0 Å². The second-order valence-corrected chi connectivity index (χ2v) is 6.67. The summed E-state index contributed by atoms with van der Waals surface area (Å²) in [5.41, 5.74) is 6.97. The lowest BCUT2D eigenvalue weighted by Gasteiger charge is -2.36. The Bertz CT molecular complexity index is 644. The standard InChI is InChI=1S/C14H17BrClN5/c1-8-12(17)3-2-6-21(8)14-18-13(19-20-14)10-5-4-9(15)7-11(10)16/h4-5,7-8,12H,2-3,6,17H2,1H3,(H,18,19,20). The monoisotopic (exact) mass is 369 g/mol. The molecule has 2 heterocycles. The quantitative estimate of drug-likeness (QED) is 0.851. The van der Waals surface area contributed by atoms with E-state index in [-0.39, 0.29) is 12.1 Å². The van der Waals surface area contributed by atoms with E-state index >= 15 is 0 Å². The van der Waals surface area contributed by atoms with Crippen molar-refractivity contribution in [1.82, 2.24) is 15.2 Å². The summed E-state index contributed by atoms with van der Waals surface area (Å²) < 4.78 is 0.937. The van der Waals surface area contributed by atoms with Crippen LogP contribution in [0.3, 0.4) is 0 Å². The average Bonchev–Trinajstić information content (AvgIpc) is 2.91. The van der Waals surface area contributed by atoms with E-state index in [0.29, 0.717) is 16.8 Å². The van der Waals surface area contributed by atoms with E-state index in [0.717, 1.165) is 29.4 Å². The number of nitrogens with zero attached hydrogens (tertiary/aromatic N) is 3. The molecule has 1 aromatic carbocycles. The molecule has 0 aliphatic carbocycles. The number of anilines is 1. The highest BCUT2D eigenvalue weighted by molar-refractivity contribution is 9.10. The first-order valence-corrected chi connectivity index (χ1v) is 8.13. The van der Waals surface area contributed by atoms with Gasteiger partial charge in [-0.1, -0.05) is 27.5 Å². The highest BCUT2D eigenvalue weighted by Gasteiger charge is 2.28. The van der Waals surface area contributed by atoms with Gasteiger partial charge in [-0.25, -0.2) is 0 Å². The third-order valence-electron chi connectivity index (χ3n) is 3.96. The number of aromatic nitrogens is 3. The molecule has 1 aliphatic heterocycles. The van der Waals surface area contributed by atoms with E-state index in [9.17, 15) is 0 Å². The summed E-state index contributed by atoms with van der Waals surface area (Å²) in [5, 5.41) is 7.93. The molecule has 1 saturated heterocycles. The Labute approximate surface area is 137 Å². The summed E-state index contributed by atoms with van der Waals surface area (Å²) in [6.45, 7) is 3.05. The highest BCUT2D eigenvalue weighted by atomic mass is 79.9. The molecule has 0 bridgehead atoms. The summed E-state index contributed by atoms with van der Waals surface area (Å²) in [6.07, 6.45) is 2.11. The molecule has 2 atom stereocenters. The largest absolute Gasteiger partial charge is 0.335 e. The van der Waals surface area contributed by atoms with Gasteiger partial charge in [-0.2, -0.15) is 4.98 Å². The Morgan fingerprint density at radius 2 is 2.29 bits per heavy atom. The average molecular weight is 371 g/mol. The number of hydrogen-bond acceptors (Lipinski definition) is 4. The number of halogens is 2. The van der Waals surface area contributed by atoms with Crippen LogP contribution in [0, 0.1) is 0 Å². The number of nitrogens with one attached hydrogen (secondary N) is 1. The minimum absolute atomic E-state index is 0.164. The summed E-state index contributed by atoms with van der Waals surface area (Å²) in [7, 11) is 0. The molecule has 21 heavy (non-hydrogen) atoms. The van der Waals surface area contributed by atoms with Crippen LogP contribution in [0.4, 0.5) is 5.95 Å². The van der Waals surface area contributed by atoms with E-state index in [1.807, 2.05) is 18.2 Å². The molecule has 0 amide bonds. The molecule has 0 spiro atoms. The van der Waals surface area contributed by atoms with Crippen LogP contribution in [0.2, 0.25) is 5.02 Å². The maximum atomic E-state index is 6.26. The lowest BCUT2D eigenvalue weighted by atomic mass is 9.99. The van der Waals surface area contributed by atoms with Gasteiger partial charge in [-0.05, 0) is 38.0 Å². The van der Waals surface area contributed by atoms with Crippen molar-refractivity contribution < 1.29 is 0 Å². The first-order valence-electron chi connectivity index (χ1n) is 6.96. The zero-order valence-corrected chi connectivity index (χ0v) is 14.0. The fourth-order valence-corrected chi connectivity index (χ4v) is 3.40. The van der Waals surface area contributed by atoms with Crippen LogP contribution in [0.1, 0.15) is 19.8 Å². The summed E-state index contributed by atoms with van der Waals surface area (Å²) in [5.74, 6) is 1.36. The van der Waals surface area contributed by atoms with E-state index in [1.165, 1.54) is 0 Å². The molecular weight excluding hydrogens is 354 g/mol. The van der Waals surface area contributed by atoms with Crippen LogP contribution < -0.4 is 10.6 Å². The minimum Gasteiger partial charge on any atom is -0.335 e. The first-order chi connectivity index (χ1) is 10.1. The topological polar surface area (TPSA) is 70.8 Å². The van der Waals surface area contributed by atoms with Gasteiger partial charge in [0.25, 0.3) is 0 Å². The second-order valence-electron chi connectivity index (χ2n) is 5.35. The lowest BCUT2D eigenvalue weighted by Crippen LogP contribution is -2.50. The Morgan fingerprint density at radius 3 is 3.05 bits per heavy atom. The minimum atomic E-state index is 0.164. The number of hydrogen-bond donors (Lipinski definition) is 2. The molecule has 1 aromatic heterocycles. The van der Waals surface area contributed by atoms with Crippen molar-refractivity contribution >= 4 is 33.5 Å². The molecule has 0 radical (unpaired) electrons. The Hall–Kier alpha value is -1.11. The van der Waals surface area contributed by atoms with Crippen molar-refractivity contribution in [2.75, 3.05) is 11.4 Å². The summed E-state index contributed by atoms with van der Waals surface area (Å²) in [6, 6.07) is 6.10. The van der Waals surface area contributed by atoms with Gasteiger partial charge < -0.3 is 10.6 Å². The zero-order chi connectivity index (χ0) is 15.0. The van der Waals surface area contributed by atoms with E-state index in [2.05, 4.69) is 42.9 Å². The van der Waals surface area contributed by atoms with Crippen LogP contribution in [0.5, 0.6) is 0 Å². The van der Waals surface area contributed by atoms with Crippen molar-refractivity contribution in [3.05, 3.63) is 27.7 Å². The molecule has 1 aliphatic rings. The van der Waals surface area contributed by atoms with Gasteiger partial charge in [0.2, 0.25) is 5.95 Å². The third kappa shape index (κ3) is 2.93. The third-order valence-corrected chi connectivity index (χ3v) is 4.77. The van der Waals surface area contributed by atoms with E-state index in [1.54, 1.807) is 0 Å². The predicted octanol–water partition coefficient (Wildman–Crippen LogP) is 3.20.